The highest BCUT2D eigenvalue weighted by atomic mass is 127. The second-order valence-corrected chi connectivity index (χ2v) is 3.11. The fraction of sp³-hybridized carbons (Fsp3) is 0. The van der Waals surface area contributed by atoms with Gasteiger partial charge in [-0.3, -0.25) is 4.79 Å². The highest BCUT2D eigenvalue weighted by Crippen LogP contribution is 2.21. The van der Waals surface area contributed by atoms with E-state index < -0.39 is 5.82 Å². The zero-order valence-electron chi connectivity index (χ0n) is 5.34. The first-order valence-electron chi connectivity index (χ1n) is 2.78. The van der Waals surface area contributed by atoms with Gasteiger partial charge in [-0.1, -0.05) is 0 Å². The van der Waals surface area contributed by atoms with Gasteiger partial charge in [0.1, 0.15) is 11.6 Å². The SMILES string of the molecule is O=Cc1cc(I)c(O)cc1F. The number of carbonyl (C=O) groups excluding carboxylic acids is 1. The number of halogens is 2. The van der Waals surface area contributed by atoms with Crippen molar-refractivity contribution >= 4 is 28.9 Å². The second-order valence-electron chi connectivity index (χ2n) is 1.94. The zero-order chi connectivity index (χ0) is 8.43. The third-order valence-corrected chi connectivity index (χ3v) is 2.06. The standard InChI is InChI=1S/C7H4FIO2/c8-5-2-7(11)6(9)1-4(5)3-10/h1-3,11H. The number of benzene rings is 1. The van der Waals surface area contributed by atoms with Crippen molar-refractivity contribution in [1.82, 2.24) is 0 Å². The molecule has 0 saturated carbocycles. The predicted octanol–water partition coefficient (Wildman–Crippen LogP) is 1.95. The third kappa shape index (κ3) is 1.68. The Morgan fingerprint density at radius 2 is 2.18 bits per heavy atom. The van der Waals surface area contributed by atoms with Crippen molar-refractivity contribution in [3.8, 4) is 5.75 Å². The molecule has 0 unspecified atom stereocenters. The van der Waals surface area contributed by atoms with Crippen LogP contribution in [0.4, 0.5) is 4.39 Å². The molecule has 58 valence electrons. The molecule has 2 nitrogen and oxygen atoms in total. The maximum Gasteiger partial charge on any atom is 0.153 e. The van der Waals surface area contributed by atoms with Crippen LogP contribution >= 0.6 is 22.6 Å². The van der Waals surface area contributed by atoms with E-state index in [1.165, 1.54) is 6.07 Å². The van der Waals surface area contributed by atoms with Crippen LogP contribution in [0.15, 0.2) is 12.1 Å². The molecule has 0 aliphatic rings. The summed E-state index contributed by atoms with van der Waals surface area (Å²) in [5, 5.41) is 8.96. The summed E-state index contributed by atoms with van der Waals surface area (Å²) in [4.78, 5) is 10.2. The van der Waals surface area contributed by atoms with Crippen LogP contribution in [-0.2, 0) is 0 Å². The number of aldehydes is 1. The number of rotatable bonds is 1. The van der Waals surface area contributed by atoms with Gasteiger partial charge in [-0.15, -0.1) is 0 Å². The highest BCUT2D eigenvalue weighted by Gasteiger charge is 2.05. The molecule has 0 heterocycles. The largest absolute Gasteiger partial charge is 0.507 e. The van der Waals surface area contributed by atoms with Gasteiger partial charge in [0.15, 0.2) is 6.29 Å². The van der Waals surface area contributed by atoms with Crippen molar-refractivity contribution in [2.75, 3.05) is 0 Å². The Balaban J connectivity index is 3.31. The van der Waals surface area contributed by atoms with E-state index in [0.29, 0.717) is 9.86 Å². The maximum atomic E-state index is 12.6. The molecule has 11 heavy (non-hydrogen) atoms. The molecule has 0 aliphatic heterocycles. The summed E-state index contributed by atoms with van der Waals surface area (Å²) in [7, 11) is 0. The molecule has 0 amide bonds. The first kappa shape index (κ1) is 8.45. The molecule has 0 radical (unpaired) electrons. The van der Waals surface area contributed by atoms with Gasteiger partial charge in [-0.2, -0.15) is 0 Å². The van der Waals surface area contributed by atoms with Gasteiger partial charge >= 0.3 is 0 Å². The lowest BCUT2D eigenvalue weighted by atomic mass is 10.2. The van der Waals surface area contributed by atoms with Gasteiger partial charge < -0.3 is 5.11 Å². The van der Waals surface area contributed by atoms with Crippen molar-refractivity contribution in [1.29, 1.82) is 0 Å². The molecule has 0 saturated heterocycles. The molecule has 0 aliphatic carbocycles. The van der Waals surface area contributed by atoms with Crippen LogP contribution in [0.3, 0.4) is 0 Å². The van der Waals surface area contributed by atoms with E-state index in [-0.39, 0.29) is 11.3 Å². The van der Waals surface area contributed by atoms with Crippen molar-refractivity contribution in [2.24, 2.45) is 0 Å². The lowest BCUT2D eigenvalue weighted by Gasteiger charge is -1.98. The summed E-state index contributed by atoms with van der Waals surface area (Å²) in [6.45, 7) is 0. The molecule has 0 atom stereocenters. The number of phenols is 1. The molecular formula is C7H4FIO2. The molecular weight excluding hydrogens is 262 g/mol. The number of hydrogen-bond acceptors (Lipinski definition) is 2. The number of phenolic OH excluding ortho intramolecular Hbond substituents is 1. The summed E-state index contributed by atoms with van der Waals surface area (Å²) < 4.78 is 13.1. The predicted molar refractivity (Wildman–Crippen MR) is 46.2 cm³/mol. The lowest BCUT2D eigenvalue weighted by molar-refractivity contribution is 0.111. The van der Waals surface area contributed by atoms with E-state index in [4.69, 9.17) is 5.11 Å². The minimum absolute atomic E-state index is 0.0350. The van der Waals surface area contributed by atoms with Crippen LogP contribution in [0.1, 0.15) is 10.4 Å². The number of hydrogen-bond donors (Lipinski definition) is 1. The molecule has 1 rings (SSSR count). The Morgan fingerprint density at radius 3 is 2.73 bits per heavy atom. The van der Waals surface area contributed by atoms with E-state index >= 15 is 0 Å². The van der Waals surface area contributed by atoms with Gasteiger partial charge in [0.2, 0.25) is 0 Å². The summed E-state index contributed by atoms with van der Waals surface area (Å²) in [5.74, 6) is -0.841. The van der Waals surface area contributed by atoms with E-state index in [1.54, 1.807) is 0 Å². The van der Waals surface area contributed by atoms with Crippen molar-refractivity contribution in [3.63, 3.8) is 0 Å². The normalized spacial score (nSPS) is 9.64. The molecule has 4 heteroatoms. The molecule has 0 bridgehead atoms. The summed E-state index contributed by atoms with van der Waals surface area (Å²) in [6.07, 6.45) is 0.414. The highest BCUT2D eigenvalue weighted by molar-refractivity contribution is 14.1. The van der Waals surface area contributed by atoms with Gasteiger partial charge in [0.25, 0.3) is 0 Å². The minimum Gasteiger partial charge on any atom is -0.507 e. The van der Waals surface area contributed by atoms with Crippen molar-refractivity contribution in [2.45, 2.75) is 0 Å². The van der Waals surface area contributed by atoms with E-state index in [0.717, 1.165) is 6.07 Å². The summed E-state index contributed by atoms with van der Waals surface area (Å²) >= 11 is 1.81. The monoisotopic (exact) mass is 266 g/mol. The first-order chi connectivity index (χ1) is 5.15. The average Bonchev–Trinajstić information content (AvgIpc) is 1.97. The molecule has 1 aromatic rings. The molecule has 0 spiro atoms. The molecule has 1 N–H and O–H groups in total. The summed E-state index contributed by atoms with van der Waals surface area (Å²) in [5.41, 5.74) is -0.0350. The Labute approximate surface area is 76.2 Å². The smallest absolute Gasteiger partial charge is 0.153 e. The van der Waals surface area contributed by atoms with Crippen LogP contribution in [0.5, 0.6) is 5.75 Å². The fourth-order valence-corrected chi connectivity index (χ4v) is 1.13. The van der Waals surface area contributed by atoms with E-state index in [9.17, 15) is 9.18 Å². The maximum absolute atomic E-state index is 12.6. The minimum atomic E-state index is -0.696. The van der Waals surface area contributed by atoms with Gasteiger partial charge in [0.05, 0.1) is 9.13 Å². The topological polar surface area (TPSA) is 37.3 Å². The summed E-state index contributed by atoms with van der Waals surface area (Å²) in [6, 6.07) is 2.21. The molecule has 1 aromatic carbocycles. The van der Waals surface area contributed by atoms with E-state index in [2.05, 4.69) is 0 Å². The number of carbonyl (C=O) groups is 1. The molecule has 0 aromatic heterocycles. The van der Waals surface area contributed by atoms with E-state index in [1.807, 2.05) is 22.6 Å². The Hall–Kier alpha value is -0.650. The fourth-order valence-electron chi connectivity index (χ4n) is 0.642. The average molecular weight is 266 g/mol. The third-order valence-electron chi connectivity index (χ3n) is 1.19. The van der Waals surface area contributed by atoms with Gasteiger partial charge in [-0.25, -0.2) is 4.39 Å². The van der Waals surface area contributed by atoms with Gasteiger partial charge in [0, 0.05) is 6.07 Å². The van der Waals surface area contributed by atoms with Crippen LogP contribution in [0.2, 0.25) is 0 Å². The Bertz CT molecular complexity index is 299. The zero-order valence-corrected chi connectivity index (χ0v) is 7.50. The number of aromatic hydroxyl groups is 1. The molecule has 0 fully saturated rings. The van der Waals surface area contributed by atoms with Crippen molar-refractivity contribution < 1.29 is 14.3 Å². The first-order valence-corrected chi connectivity index (χ1v) is 3.86. The second kappa shape index (κ2) is 3.17. The van der Waals surface area contributed by atoms with Gasteiger partial charge in [-0.05, 0) is 28.7 Å². The quantitative estimate of drug-likeness (QED) is 0.623. The lowest BCUT2D eigenvalue weighted by Crippen LogP contribution is -1.88. The van der Waals surface area contributed by atoms with Crippen LogP contribution in [0, 0.1) is 9.39 Å². The van der Waals surface area contributed by atoms with Crippen LogP contribution in [-0.4, -0.2) is 11.4 Å². The van der Waals surface area contributed by atoms with Crippen molar-refractivity contribution in [3.05, 3.63) is 27.1 Å². The Morgan fingerprint density at radius 1 is 1.55 bits per heavy atom. The Kier molecular flexibility index (Phi) is 2.43. The van der Waals surface area contributed by atoms with Crippen LogP contribution in [0.25, 0.3) is 0 Å². The van der Waals surface area contributed by atoms with Crippen LogP contribution < -0.4 is 0 Å².